The fourth-order valence-corrected chi connectivity index (χ4v) is 13.9. The van der Waals surface area contributed by atoms with Crippen LogP contribution < -0.4 is 0 Å². The highest BCUT2D eigenvalue weighted by atomic mass is 14.7. The van der Waals surface area contributed by atoms with Crippen LogP contribution in [-0.4, -0.2) is 19.9 Å². The number of aromatic nitrogens is 4. The summed E-state index contributed by atoms with van der Waals surface area (Å²) in [4.78, 5) is 21.0. The first-order chi connectivity index (χ1) is 49.6. The molecule has 4 aromatic heterocycles. The standard InChI is InChI=1S/2C48H32N2/c1-5-15-34(16-6-1)42-31-44-43(35-17-7-2-8-18-35)32-47(50-48(44)41-24-14-13-23-40(41)42)38-27-25-33(26-28-38)39-29-45(36-19-9-3-10-20-36)49-46(30-39)37-21-11-4-12-22-37;1-5-15-33(16-6-1)39-29-45(36-21-11-4-12-22-36)49-46(30-39)37-25-27-38(28-26-37)47-32-43(35-19-9-3-10-20-35)44-31-42(34-17-7-2-8-18-34)40-23-13-14-24-41(40)48(44)50-47/h2*1-32H. The second-order valence-electron chi connectivity index (χ2n) is 25.2. The van der Waals surface area contributed by atoms with Crippen LogP contribution in [0.15, 0.2) is 388 Å². The summed E-state index contributed by atoms with van der Waals surface area (Å²) in [6, 6.07) is 137. The molecule has 0 spiro atoms. The molecular formula is C96H64N4. The molecule has 4 heterocycles. The molecular weight excluding hydrogens is 1210 g/mol. The Labute approximate surface area is 582 Å². The average molecular weight is 1270 g/mol. The lowest BCUT2D eigenvalue weighted by Gasteiger charge is -2.16. The Hall–Kier alpha value is -13.3. The Morgan fingerprint density at radius 3 is 0.610 bits per heavy atom. The normalized spacial score (nSPS) is 11.2. The van der Waals surface area contributed by atoms with Crippen LogP contribution in [-0.2, 0) is 0 Å². The van der Waals surface area contributed by atoms with Crippen molar-refractivity contribution in [3.05, 3.63) is 388 Å². The maximum atomic E-state index is 5.39. The van der Waals surface area contributed by atoms with Crippen molar-refractivity contribution < 1.29 is 0 Å². The summed E-state index contributed by atoms with van der Waals surface area (Å²) in [7, 11) is 0. The van der Waals surface area contributed by atoms with Gasteiger partial charge in [0.1, 0.15) is 0 Å². The number of nitrogens with zero attached hydrogens (tertiary/aromatic N) is 4. The third-order valence-corrected chi connectivity index (χ3v) is 18.9. The maximum Gasteiger partial charge on any atom is 0.0794 e. The summed E-state index contributed by atoms with van der Waals surface area (Å²) in [6.07, 6.45) is 0. The predicted octanol–water partition coefficient (Wildman–Crippen LogP) is 25.6. The fourth-order valence-electron chi connectivity index (χ4n) is 13.9. The first-order valence-corrected chi connectivity index (χ1v) is 34.0. The van der Waals surface area contributed by atoms with Crippen molar-refractivity contribution in [2.75, 3.05) is 0 Å². The van der Waals surface area contributed by atoms with Crippen molar-refractivity contribution in [2.45, 2.75) is 0 Å². The molecule has 0 radical (unpaired) electrons. The number of benzene rings is 14. The van der Waals surface area contributed by atoms with E-state index in [4.69, 9.17) is 19.9 Å². The maximum absolute atomic E-state index is 5.39. The van der Waals surface area contributed by atoms with Gasteiger partial charge in [-0.3, -0.25) is 0 Å². The van der Waals surface area contributed by atoms with Gasteiger partial charge in [-0.1, -0.05) is 340 Å². The Bertz CT molecular complexity index is 5450. The lowest BCUT2D eigenvalue weighted by Crippen LogP contribution is -1.94. The van der Waals surface area contributed by atoms with Crippen LogP contribution in [0.1, 0.15) is 0 Å². The Morgan fingerprint density at radius 2 is 0.320 bits per heavy atom. The van der Waals surface area contributed by atoms with Gasteiger partial charge >= 0.3 is 0 Å². The van der Waals surface area contributed by atoms with Gasteiger partial charge in [0.25, 0.3) is 0 Å². The summed E-state index contributed by atoms with van der Waals surface area (Å²) in [5, 5.41) is 6.99. The van der Waals surface area contributed by atoms with Gasteiger partial charge in [-0.25, -0.2) is 19.9 Å². The second-order valence-corrected chi connectivity index (χ2v) is 25.2. The SMILES string of the molecule is c1ccc(-c2cc(-c3ccc(-c4cc(-c5ccccc5)c5cc(-c6ccccc6)c6ccccc6c5n4)cc3)cc(-c3ccccc3)n2)cc1.c1ccc(-c2cc(-c3ccccc3)nc(-c3ccc(-c4cc(-c5ccccc5)c5cc(-c6ccccc6)c6ccccc6c5n4)cc3)c2)cc1. The minimum atomic E-state index is 0.938. The van der Waals surface area contributed by atoms with E-state index in [0.29, 0.717) is 0 Å². The Morgan fingerprint density at radius 1 is 0.120 bits per heavy atom. The number of pyridine rings is 4. The topological polar surface area (TPSA) is 51.6 Å². The van der Waals surface area contributed by atoms with Crippen LogP contribution in [0.3, 0.4) is 0 Å². The lowest BCUT2D eigenvalue weighted by molar-refractivity contribution is 1.32. The van der Waals surface area contributed by atoms with Gasteiger partial charge in [-0.05, 0) is 126 Å². The van der Waals surface area contributed by atoms with Crippen LogP contribution in [0.25, 0.3) is 178 Å². The molecule has 18 aromatic rings. The van der Waals surface area contributed by atoms with Gasteiger partial charge < -0.3 is 0 Å². The molecule has 0 saturated carbocycles. The highest BCUT2D eigenvalue weighted by Crippen LogP contribution is 2.44. The average Bonchev–Trinajstić information content (AvgIpc) is 0.740. The molecule has 0 aliphatic heterocycles. The van der Waals surface area contributed by atoms with Gasteiger partial charge in [-0.2, -0.15) is 0 Å². The van der Waals surface area contributed by atoms with E-state index in [2.05, 4.69) is 370 Å². The summed E-state index contributed by atoms with van der Waals surface area (Å²) < 4.78 is 0. The number of hydrogen-bond acceptors (Lipinski definition) is 4. The second kappa shape index (κ2) is 27.1. The molecule has 0 amide bonds. The number of hydrogen-bond donors (Lipinski definition) is 0. The van der Waals surface area contributed by atoms with Crippen molar-refractivity contribution >= 4 is 43.4 Å². The molecule has 0 aliphatic rings. The van der Waals surface area contributed by atoms with Crippen molar-refractivity contribution in [3.8, 4) is 134 Å². The molecule has 4 nitrogen and oxygen atoms in total. The van der Waals surface area contributed by atoms with E-state index >= 15 is 0 Å². The quantitative estimate of drug-likeness (QED) is 0.114. The predicted molar refractivity (Wildman–Crippen MR) is 419 cm³/mol. The molecule has 18 rings (SSSR count). The van der Waals surface area contributed by atoms with Gasteiger partial charge in [-0.15, -0.1) is 0 Å². The molecule has 100 heavy (non-hydrogen) atoms. The summed E-state index contributed by atoms with van der Waals surface area (Å²) in [6.45, 7) is 0. The van der Waals surface area contributed by atoms with Crippen molar-refractivity contribution in [3.63, 3.8) is 0 Å². The zero-order chi connectivity index (χ0) is 66.6. The van der Waals surface area contributed by atoms with E-state index in [9.17, 15) is 0 Å². The van der Waals surface area contributed by atoms with Gasteiger partial charge in [0.15, 0.2) is 0 Å². The van der Waals surface area contributed by atoms with Crippen molar-refractivity contribution in [2.24, 2.45) is 0 Å². The van der Waals surface area contributed by atoms with E-state index in [0.717, 1.165) is 117 Å². The smallest absolute Gasteiger partial charge is 0.0794 e. The highest BCUT2D eigenvalue weighted by Gasteiger charge is 2.20. The van der Waals surface area contributed by atoms with E-state index < -0.39 is 0 Å². The van der Waals surface area contributed by atoms with Crippen LogP contribution in [0.5, 0.6) is 0 Å². The molecule has 0 saturated heterocycles. The molecule has 0 bridgehead atoms. The molecule has 0 fully saturated rings. The lowest BCUT2D eigenvalue weighted by atomic mass is 9.91. The fraction of sp³-hybridized carbons (Fsp3) is 0. The Balaban J connectivity index is 0.000000150. The van der Waals surface area contributed by atoms with Gasteiger partial charge in [0.2, 0.25) is 0 Å². The van der Waals surface area contributed by atoms with Gasteiger partial charge in [0, 0.05) is 54.9 Å². The zero-order valence-corrected chi connectivity index (χ0v) is 54.7. The molecule has 0 atom stereocenters. The molecule has 0 N–H and O–H groups in total. The van der Waals surface area contributed by atoms with Crippen molar-refractivity contribution in [1.29, 1.82) is 0 Å². The largest absolute Gasteiger partial charge is 0.248 e. The van der Waals surface area contributed by atoms with Gasteiger partial charge in [0.05, 0.1) is 45.2 Å². The van der Waals surface area contributed by atoms with Crippen LogP contribution in [0, 0.1) is 0 Å². The Kier molecular flexibility index (Phi) is 16.4. The number of fused-ring (bicyclic) bond motifs is 6. The summed E-state index contributed by atoms with van der Waals surface area (Å²) in [5.74, 6) is 0. The molecule has 0 unspecified atom stereocenters. The molecule has 4 heteroatoms. The first-order valence-electron chi connectivity index (χ1n) is 34.0. The van der Waals surface area contributed by atoms with E-state index in [1.807, 2.05) is 18.2 Å². The molecule has 468 valence electrons. The zero-order valence-electron chi connectivity index (χ0n) is 54.7. The van der Waals surface area contributed by atoms with Crippen LogP contribution in [0.4, 0.5) is 0 Å². The van der Waals surface area contributed by atoms with Crippen molar-refractivity contribution in [1.82, 2.24) is 19.9 Å². The third-order valence-electron chi connectivity index (χ3n) is 18.9. The number of rotatable bonds is 12. The van der Waals surface area contributed by atoms with E-state index in [1.165, 1.54) is 60.8 Å². The van der Waals surface area contributed by atoms with Crippen LogP contribution >= 0.6 is 0 Å². The minimum Gasteiger partial charge on any atom is -0.248 e. The van der Waals surface area contributed by atoms with Crippen LogP contribution in [0.2, 0.25) is 0 Å². The molecule has 0 aliphatic carbocycles. The van der Waals surface area contributed by atoms with E-state index in [1.54, 1.807) is 0 Å². The monoisotopic (exact) mass is 1270 g/mol. The highest BCUT2D eigenvalue weighted by molar-refractivity contribution is 6.17. The summed E-state index contributed by atoms with van der Waals surface area (Å²) in [5.41, 5.74) is 28.3. The van der Waals surface area contributed by atoms with E-state index in [-0.39, 0.29) is 0 Å². The minimum absolute atomic E-state index is 0.938. The first kappa shape index (κ1) is 60.4. The summed E-state index contributed by atoms with van der Waals surface area (Å²) >= 11 is 0. The molecule has 14 aromatic carbocycles. The third kappa shape index (κ3) is 12.2.